The minimum Gasteiger partial charge on any atom is -0.493 e. The van der Waals surface area contributed by atoms with Crippen LogP contribution in [0.4, 0.5) is 0 Å². The first kappa shape index (κ1) is 14.9. The van der Waals surface area contributed by atoms with E-state index in [0.29, 0.717) is 0 Å². The van der Waals surface area contributed by atoms with Gasteiger partial charge in [0.05, 0.1) is 12.5 Å². The number of hydrogen-bond donors (Lipinski definition) is 0. The second kappa shape index (κ2) is 5.33. The first-order valence-corrected chi connectivity index (χ1v) is 7.48. The lowest BCUT2D eigenvalue weighted by atomic mass is 9.69. The topological polar surface area (TPSA) is 21.7 Å². The van der Waals surface area contributed by atoms with Gasteiger partial charge in [-0.15, -0.1) is 17.0 Å². The number of benzene rings is 1. The van der Waals surface area contributed by atoms with Crippen molar-refractivity contribution in [2.45, 2.75) is 37.3 Å². The molecule has 0 radical (unpaired) electrons. The predicted octanol–water partition coefficient (Wildman–Crippen LogP) is 3.46. The van der Waals surface area contributed by atoms with E-state index in [0.717, 1.165) is 43.9 Å². The maximum atomic E-state index is 6.34. The van der Waals surface area contributed by atoms with Gasteiger partial charge in [0.2, 0.25) is 0 Å². The standard InChI is InChI=1S/C17H21NO2.BrH/c1-18-10-9-17-8-4-3-5-14(17)20-16-13(19-2)7-6-12(11-18)15(16)17;/h4,6-8,14H,3,5,9-11H2,1-2H3;1H. The molecule has 1 aromatic carbocycles. The van der Waals surface area contributed by atoms with E-state index in [9.17, 15) is 0 Å². The molecule has 0 N–H and O–H groups in total. The van der Waals surface area contributed by atoms with Crippen LogP contribution in [0.2, 0.25) is 0 Å². The van der Waals surface area contributed by atoms with Gasteiger partial charge in [-0.2, -0.15) is 0 Å². The number of methoxy groups -OCH3 is 1. The van der Waals surface area contributed by atoms with Crippen LogP contribution in [0.1, 0.15) is 30.4 Å². The smallest absolute Gasteiger partial charge is 0.166 e. The van der Waals surface area contributed by atoms with Crippen molar-refractivity contribution < 1.29 is 9.47 Å². The highest BCUT2D eigenvalue weighted by atomic mass is 79.9. The molecule has 2 heterocycles. The quantitative estimate of drug-likeness (QED) is 0.723. The molecule has 4 rings (SSSR count). The van der Waals surface area contributed by atoms with E-state index in [1.54, 1.807) is 7.11 Å². The molecule has 1 aromatic rings. The molecule has 2 aliphatic heterocycles. The van der Waals surface area contributed by atoms with Crippen molar-refractivity contribution in [1.29, 1.82) is 0 Å². The van der Waals surface area contributed by atoms with Crippen LogP contribution in [0.15, 0.2) is 24.3 Å². The Kier molecular flexibility index (Phi) is 3.78. The Morgan fingerprint density at radius 1 is 1.38 bits per heavy atom. The number of nitrogens with zero attached hydrogens (tertiary/aromatic N) is 1. The van der Waals surface area contributed by atoms with Crippen molar-refractivity contribution >= 4 is 17.0 Å². The molecule has 1 spiro atoms. The van der Waals surface area contributed by atoms with Gasteiger partial charge in [0.1, 0.15) is 6.10 Å². The maximum Gasteiger partial charge on any atom is 0.166 e. The third kappa shape index (κ3) is 2.03. The summed E-state index contributed by atoms with van der Waals surface area (Å²) in [5.74, 6) is 1.88. The first-order valence-electron chi connectivity index (χ1n) is 7.48. The van der Waals surface area contributed by atoms with Gasteiger partial charge in [-0.3, -0.25) is 0 Å². The van der Waals surface area contributed by atoms with Crippen LogP contribution < -0.4 is 9.47 Å². The number of ether oxygens (including phenoxy) is 2. The Labute approximate surface area is 136 Å². The van der Waals surface area contributed by atoms with Gasteiger partial charge in [0.25, 0.3) is 0 Å². The zero-order chi connectivity index (χ0) is 13.7. The zero-order valence-corrected chi connectivity index (χ0v) is 14.3. The van der Waals surface area contributed by atoms with Crippen LogP contribution in [-0.4, -0.2) is 31.7 Å². The van der Waals surface area contributed by atoms with Gasteiger partial charge in [0.15, 0.2) is 11.5 Å². The first-order chi connectivity index (χ1) is 9.74. The summed E-state index contributed by atoms with van der Waals surface area (Å²) in [7, 11) is 3.94. The molecule has 4 heteroatoms. The third-order valence-corrected chi connectivity index (χ3v) is 5.09. The summed E-state index contributed by atoms with van der Waals surface area (Å²) in [6, 6.07) is 4.28. The van der Waals surface area contributed by atoms with Crippen molar-refractivity contribution in [2.75, 3.05) is 20.7 Å². The Morgan fingerprint density at radius 2 is 2.24 bits per heavy atom. The zero-order valence-electron chi connectivity index (χ0n) is 12.6. The van der Waals surface area contributed by atoms with E-state index in [-0.39, 0.29) is 28.5 Å². The summed E-state index contributed by atoms with van der Waals surface area (Å²) < 4.78 is 11.9. The summed E-state index contributed by atoms with van der Waals surface area (Å²) in [4.78, 5) is 2.41. The average Bonchev–Trinajstić information content (AvgIpc) is 2.74. The molecule has 3 nitrogen and oxygen atoms in total. The molecule has 21 heavy (non-hydrogen) atoms. The molecule has 114 valence electrons. The van der Waals surface area contributed by atoms with Crippen molar-refractivity contribution in [3.63, 3.8) is 0 Å². The highest BCUT2D eigenvalue weighted by Crippen LogP contribution is 2.55. The van der Waals surface area contributed by atoms with Crippen molar-refractivity contribution in [3.8, 4) is 11.5 Å². The van der Waals surface area contributed by atoms with Crippen LogP contribution in [0.25, 0.3) is 0 Å². The molecular formula is C17H22BrNO2. The van der Waals surface area contributed by atoms with Crippen LogP contribution in [-0.2, 0) is 12.0 Å². The summed E-state index contributed by atoms with van der Waals surface area (Å²) in [6.07, 6.45) is 8.39. The molecule has 1 aliphatic carbocycles. The SMILES string of the molecule is Br.COc1ccc2c3c1OC1CCC=CC31CCN(C)C2. The number of rotatable bonds is 1. The maximum absolute atomic E-state index is 6.34. The summed E-state index contributed by atoms with van der Waals surface area (Å²) >= 11 is 0. The van der Waals surface area contributed by atoms with Crippen LogP contribution >= 0.6 is 17.0 Å². The fourth-order valence-corrected chi connectivity index (χ4v) is 4.10. The fourth-order valence-electron chi connectivity index (χ4n) is 4.10. The minimum absolute atomic E-state index is 0. The van der Waals surface area contributed by atoms with E-state index in [1.807, 2.05) is 0 Å². The molecule has 3 aliphatic rings. The van der Waals surface area contributed by atoms with E-state index >= 15 is 0 Å². The normalized spacial score (nSPS) is 29.7. The van der Waals surface area contributed by atoms with E-state index in [2.05, 4.69) is 36.2 Å². The monoisotopic (exact) mass is 351 g/mol. The van der Waals surface area contributed by atoms with Gasteiger partial charge < -0.3 is 14.4 Å². The summed E-state index contributed by atoms with van der Waals surface area (Å²) in [5, 5.41) is 0. The predicted molar refractivity (Wildman–Crippen MR) is 88.7 cm³/mol. The molecule has 0 fully saturated rings. The molecule has 0 saturated heterocycles. The summed E-state index contributed by atoms with van der Waals surface area (Å²) in [5.41, 5.74) is 2.86. The van der Waals surface area contributed by atoms with Crippen molar-refractivity contribution in [2.24, 2.45) is 0 Å². The van der Waals surface area contributed by atoms with Gasteiger partial charge in [-0.25, -0.2) is 0 Å². The molecule has 0 amide bonds. The highest BCUT2D eigenvalue weighted by molar-refractivity contribution is 8.93. The number of halogens is 1. The van der Waals surface area contributed by atoms with E-state index in [4.69, 9.17) is 9.47 Å². The highest BCUT2D eigenvalue weighted by Gasteiger charge is 2.51. The molecule has 2 atom stereocenters. The Balaban J connectivity index is 0.00000132. The third-order valence-electron chi connectivity index (χ3n) is 5.09. The summed E-state index contributed by atoms with van der Waals surface area (Å²) in [6.45, 7) is 2.11. The van der Waals surface area contributed by atoms with E-state index in [1.165, 1.54) is 11.1 Å². The lowest BCUT2D eigenvalue weighted by Gasteiger charge is -2.34. The molecule has 0 bridgehead atoms. The fraction of sp³-hybridized carbons (Fsp3) is 0.529. The second-order valence-corrected chi connectivity index (χ2v) is 6.25. The molecule has 0 saturated carbocycles. The minimum atomic E-state index is 0. The number of allylic oxidation sites excluding steroid dienone is 1. The lowest BCUT2D eigenvalue weighted by molar-refractivity contribution is 0.140. The number of hydrogen-bond acceptors (Lipinski definition) is 3. The average molecular weight is 352 g/mol. The largest absolute Gasteiger partial charge is 0.493 e. The van der Waals surface area contributed by atoms with E-state index < -0.39 is 0 Å². The second-order valence-electron chi connectivity index (χ2n) is 6.25. The van der Waals surface area contributed by atoms with Gasteiger partial charge in [0, 0.05) is 12.1 Å². The van der Waals surface area contributed by atoms with Crippen LogP contribution in [0.3, 0.4) is 0 Å². The van der Waals surface area contributed by atoms with Crippen molar-refractivity contribution in [3.05, 3.63) is 35.4 Å². The Bertz CT molecular complexity index is 586. The Morgan fingerprint density at radius 3 is 3.05 bits per heavy atom. The molecule has 0 aromatic heterocycles. The van der Waals surface area contributed by atoms with Gasteiger partial charge in [-0.05, 0) is 44.5 Å². The van der Waals surface area contributed by atoms with Crippen LogP contribution in [0, 0.1) is 0 Å². The molecular weight excluding hydrogens is 330 g/mol. The van der Waals surface area contributed by atoms with Gasteiger partial charge >= 0.3 is 0 Å². The Hall–Kier alpha value is -1.00. The van der Waals surface area contributed by atoms with Gasteiger partial charge in [-0.1, -0.05) is 18.2 Å². The lowest BCUT2D eigenvalue weighted by Crippen LogP contribution is -2.39. The van der Waals surface area contributed by atoms with Crippen molar-refractivity contribution in [1.82, 2.24) is 4.90 Å². The molecule has 2 unspecified atom stereocenters. The van der Waals surface area contributed by atoms with Crippen LogP contribution in [0.5, 0.6) is 11.5 Å².